The molecule has 1 heterocycles. The Morgan fingerprint density at radius 1 is 1.12 bits per heavy atom. The van der Waals surface area contributed by atoms with Crippen LogP contribution in [-0.2, 0) is 0 Å². The summed E-state index contributed by atoms with van der Waals surface area (Å²) in [5.41, 5.74) is 0.370. The maximum Gasteiger partial charge on any atom is 0.313 e. The van der Waals surface area contributed by atoms with E-state index < -0.39 is 4.92 Å². The first-order valence-electron chi connectivity index (χ1n) is 7.56. The molecule has 0 radical (unpaired) electrons. The molecular formula is C17H15ClN2O4. The van der Waals surface area contributed by atoms with Gasteiger partial charge in [0.15, 0.2) is 0 Å². The van der Waals surface area contributed by atoms with Crippen LogP contribution in [0.1, 0.15) is 23.2 Å². The van der Waals surface area contributed by atoms with Crippen LogP contribution < -0.4 is 4.74 Å². The molecule has 0 N–H and O–H groups in total. The average molecular weight is 347 g/mol. The van der Waals surface area contributed by atoms with Crippen molar-refractivity contribution in [1.29, 1.82) is 0 Å². The molecule has 1 aliphatic rings. The fraction of sp³-hybridized carbons (Fsp3) is 0.235. The summed E-state index contributed by atoms with van der Waals surface area (Å²) < 4.78 is 5.56. The first-order valence-corrected chi connectivity index (χ1v) is 7.93. The second-order valence-electron chi connectivity index (χ2n) is 5.49. The molecule has 0 aromatic heterocycles. The number of carbonyl (C=O) groups is 1. The molecule has 2 aromatic carbocycles. The summed E-state index contributed by atoms with van der Waals surface area (Å²) in [5.74, 6) is 0.512. The average Bonchev–Trinajstić information content (AvgIpc) is 3.11. The van der Waals surface area contributed by atoms with Crippen LogP contribution in [0, 0.1) is 10.1 Å². The maximum atomic E-state index is 12.3. The molecule has 0 aliphatic carbocycles. The molecule has 2 aromatic rings. The Labute approximate surface area is 143 Å². The minimum Gasteiger partial charge on any atom is -0.450 e. The zero-order chi connectivity index (χ0) is 17.1. The van der Waals surface area contributed by atoms with Crippen molar-refractivity contribution in [3.05, 3.63) is 63.2 Å². The van der Waals surface area contributed by atoms with Gasteiger partial charge in [0.2, 0.25) is 5.75 Å². The van der Waals surface area contributed by atoms with E-state index in [0.29, 0.717) is 11.3 Å². The van der Waals surface area contributed by atoms with E-state index in [2.05, 4.69) is 0 Å². The number of ether oxygens (including phenoxy) is 1. The summed E-state index contributed by atoms with van der Waals surface area (Å²) in [6.07, 6.45) is 2.07. The topological polar surface area (TPSA) is 72.7 Å². The van der Waals surface area contributed by atoms with Gasteiger partial charge in [-0.2, -0.15) is 0 Å². The maximum absolute atomic E-state index is 12.3. The molecule has 7 heteroatoms. The van der Waals surface area contributed by atoms with Gasteiger partial charge in [0.25, 0.3) is 5.91 Å². The monoisotopic (exact) mass is 346 g/mol. The number of nitro benzene ring substituents is 1. The lowest BCUT2D eigenvalue weighted by Gasteiger charge is -2.15. The van der Waals surface area contributed by atoms with Gasteiger partial charge in [-0.05, 0) is 49.2 Å². The van der Waals surface area contributed by atoms with Crippen molar-refractivity contribution in [2.45, 2.75) is 12.8 Å². The van der Waals surface area contributed by atoms with Crippen molar-refractivity contribution >= 4 is 23.2 Å². The number of halogens is 1. The van der Waals surface area contributed by atoms with E-state index in [1.807, 2.05) is 4.90 Å². The number of nitro groups is 1. The Bertz CT molecular complexity index is 771. The van der Waals surface area contributed by atoms with E-state index in [1.165, 1.54) is 18.2 Å². The molecular weight excluding hydrogens is 332 g/mol. The molecule has 0 spiro atoms. The predicted octanol–water partition coefficient (Wildman–Crippen LogP) is 4.28. The van der Waals surface area contributed by atoms with E-state index in [9.17, 15) is 14.9 Å². The highest BCUT2D eigenvalue weighted by Gasteiger charge is 2.20. The van der Waals surface area contributed by atoms with Gasteiger partial charge in [-0.1, -0.05) is 11.6 Å². The third-order valence-corrected chi connectivity index (χ3v) is 4.08. The quantitative estimate of drug-likeness (QED) is 0.612. The number of nitrogens with zero attached hydrogens (tertiary/aromatic N) is 2. The van der Waals surface area contributed by atoms with Gasteiger partial charge >= 0.3 is 5.69 Å². The van der Waals surface area contributed by atoms with E-state index in [1.54, 1.807) is 24.3 Å². The Kier molecular flexibility index (Phi) is 4.66. The van der Waals surface area contributed by atoms with E-state index in [-0.39, 0.29) is 22.4 Å². The van der Waals surface area contributed by atoms with Crippen molar-refractivity contribution < 1.29 is 14.5 Å². The molecule has 6 nitrogen and oxygen atoms in total. The lowest BCUT2D eigenvalue weighted by molar-refractivity contribution is -0.385. The van der Waals surface area contributed by atoms with Crippen LogP contribution in [0.25, 0.3) is 0 Å². The summed E-state index contributed by atoms with van der Waals surface area (Å²) in [4.78, 5) is 24.6. The number of rotatable bonds is 4. The number of carbonyl (C=O) groups excluding carboxylic acids is 1. The largest absolute Gasteiger partial charge is 0.450 e. The molecule has 1 fully saturated rings. The summed E-state index contributed by atoms with van der Waals surface area (Å²) in [7, 11) is 0. The molecule has 0 bridgehead atoms. The molecule has 0 unspecified atom stereocenters. The fourth-order valence-corrected chi connectivity index (χ4v) is 2.78. The molecule has 0 atom stereocenters. The number of hydrogen-bond acceptors (Lipinski definition) is 4. The summed E-state index contributed by atoms with van der Waals surface area (Å²) in [6, 6.07) is 10.8. The minimum absolute atomic E-state index is 0.00322. The first-order chi connectivity index (χ1) is 11.5. The standard InChI is InChI=1S/C17H15ClN2O4/c18-13-5-8-16(15(11-13)20(22)23)24-14-6-3-12(4-7-14)17(21)19-9-1-2-10-19/h3-8,11H,1-2,9-10H2. The Balaban J connectivity index is 1.77. The lowest BCUT2D eigenvalue weighted by atomic mass is 10.2. The highest BCUT2D eigenvalue weighted by Crippen LogP contribution is 2.33. The molecule has 124 valence electrons. The Hall–Kier alpha value is -2.60. The van der Waals surface area contributed by atoms with E-state index >= 15 is 0 Å². The molecule has 3 rings (SSSR count). The van der Waals surface area contributed by atoms with Gasteiger partial charge in [-0.15, -0.1) is 0 Å². The highest BCUT2D eigenvalue weighted by molar-refractivity contribution is 6.30. The van der Waals surface area contributed by atoms with Crippen LogP contribution in [0.5, 0.6) is 11.5 Å². The molecule has 1 saturated heterocycles. The van der Waals surface area contributed by atoms with Crippen molar-refractivity contribution in [1.82, 2.24) is 4.90 Å². The summed E-state index contributed by atoms with van der Waals surface area (Å²) >= 11 is 5.78. The smallest absolute Gasteiger partial charge is 0.313 e. The zero-order valence-corrected chi connectivity index (χ0v) is 13.5. The molecule has 0 saturated carbocycles. The lowest BCUT2D eigenvalue weighted by Crippen LogP contribution is -2.27. The number of hydrogen-bond donors (Lipinski definition) is 0. The van der Waals surface area contributed by atoms with Crippen molar-refractivity contribution in [2.24, 2.45) is 0 Å². The summed E-state index contributed by atoms with van der Waals surface area (Å²) in [6.45, 7) is 1.57. The number of amides is 1. The van der Waals surface area contributed by atoms with Crippen LogP contribution in [0.4, 0.5) is 5.69 Å². The second kappa shape index (κ2) is 6.88. The van der Waals surface area contributed by atoms with Crippen molar-refractivity contribution in [3.8, 4) is 11.5 Å². The van der Waals surface area contributed by atoms with E-state index in [0.717, 1.165) is 25.9 Å². The van der Waals surface area contributed by atoms with E-state index in [4.69, 9.17) is 16.3 Å². The molecule has 1 aliphatic heterocycles. The van der Waals surface area contributed by atoms with Crippen LogP contribution in [0.2, 0.25) is 5.02 Å². The van der Waals surface area contributed by atoms with Gasteiger partial charge in [-0.25, -0.2) is 0 Å². The zero-order valence-electron chi connectivity index (χ0n) is 12.8. The second-order valence-corrected chi connectivity index (χ2v) is 5.93. The number of benzene rings is 2. The molecule has 24 heavy (non-hydrogen) atoms. The van der Waals surface area contributed by atoms with Gasteiger partial charge in [0.05, 0.1) is 4.92 Å². The SMILES string of the molecule is O=C(c1ccc(Oc2ccc(Cl)cc2[N+](=O)[O-])cc1)N1CCCC1. The predicted molar refractivity (Wildman–Crippen MR) is 89.8 cm³/mol. The van der Waals surface area contributed by atoms with Crippen LogP contribution in [0.3, 0.4) is 0 Å². The summed E-state index contributed by atoms with van der Waals surface area (Å²) in [5, 5.41) is 11.3. The van der Waals surface area contributed by atoms with Crippen LogP contribution in [0.15, 0.2) is 42.5 Å². The van der Waals surface area contributed by atoms with Gasteiger partial charge in [-0.3, -0.25) is 14.9 Å². The van der Waals surface area contributed by atoms with Crippen LogP contribution >= 0.6 is 11.6 Å². The van der Waals surface area contributed by atoms with Crippen molar-refractivity contribution in [3.63, 3.8) is 0 Å². The van der Waals surface area contributed by atoms with Gasteiger partial charge < -0.3 is 9.64 Å². The third kappa shape index (κ3) is 3.49. The Morgan fingerprint density at radius 3 is 2.42 bits per heavy atom. The minimum atomic E-state index is -0.549. The number of likely N-dealkylation sites (tertiary alicyclic amines) is 1. The van der Waals surface area contributed by atoms with Crippen molar-refractivity contribution in [2.75, 3.05) is 13.1 Å². The highest BCUT2D eigenvalue weighted by atomic mass is 35.5. The fourth-order valence-electron chi connectivity index (χ4n) is 2.61. The first kappa shape index (κ1) is 16.3. The third-order valence-electron chi connectivity index (χ3n) is 3.84. The van der Waals surface area contributed by atoms with Gasteiger partial charge in [0.1, 0.15) is 5.75 Å². The van der Waals surface area contributed by atoms with Gasteiger partial charge in [0, 0.05) is 29.7 Å². The van der Waals surface area contributed by atoms with Crippen LogP contribution in [-0.4, -0.2) is 28.8 Å². The molecule has 1 amide bonds. The Morgan fingerprint density at radius 2 is 1.79 bits per heavy atom. The normalized spacial score (nSPS) is 13.8.